The summed E-state index contributed by atoms with van der Waals surface area (Å²) in [7, 11) is 1.89. The Kier molecular flexibility index (Phi) is 4.97. The van der Waals surface area contributed by atoms with E-state index in [0.717, 1.165) is 11.4 Å². The zero-order valence-electron chi connectivity index (χ0n) is 14.0. The molecular formula is C18H23N3O3. The number of hydrogen-bond donors (Lipinski definition) is 1. The predicted octanol–water partition coefficient (Wildman–Crippen LogP) is 1.48. The number of amides is 1. The van der Waals surface area contributed by atoms with Crippen molar-refractivity contribution >= 4 is 5.91 Å². The van der Waals surface area contributed by atoms with Gasteiger partial charge in [-0.3, -0.25) is 4.79 Å². The van der Waals surface area contributed by atoms with Crippen molar-refractivity contribution in [2.45, 2.75) is 25.0 Å². The Bertz CT molecular complexity index is 686. The Labute approximate surface area is 141 Å². The molecule has 24 heavy (non-hydrogen) atoms. The monoisotopic (exact) mass is 329 g/mol. The van der Waals surface area contributed by atoms with Crippen molar-refractivity contribution < 1.29 is 14.6 Å². The molecule has 1 unspecified atom stereocenters. The van der Waals surface area contributed by atoms with Gasteiger partial charge in [-0.25, -0.2) is 4.98 Å². The van der Waals surface area contributed by atoms with E-state index in [4.69, 9.17) is 4.74 Å². The first-order chi connectivity index (χ1) is 11.6. The average molecular weight is 329 g/mol. The van der Waals surface area contributed by atoms with Gasteiger partial charge in [-0.15, -0.1) is 0 Å². The lowest BCUT2D eigenvalue weighted by atomic mass is 9.83. The lowest BCUT2D eigenvalue weighted by Crippen LogP contribution is -2.59. The molecule has 1 aromatic carbocycles. The summed E-state index contributed by atoms with van der Waals surface area (Å²) in [4.78, 5) is 18.3. The van der Waals surface area contributed by atoms with Crippen LogP contribution in [0.15, 0.2) is 42.7 Å². The lowest BCUT2D eigenvalue weighted by molar-refractivity contribution is -0.149. The Morgan fingerprint density at radius 1 is 1.42 bits per heavy atom. The molecular weight excluding hydrogens is 306 g/mol. The van der Waals surface area contributed by atoms with Gasteiger partial charge in [-0.1, -0.05) is 30.3 Å². The lowest BCUT2D eigenvalue weighted by Gasteiger charge is -2.47. The Morgan fingerprint density at radius 3 is 2.79 bits per heavy atom. The van der Waals surface area contributed by atoms with Gasteiger partial charge < -0.3 is 19.3 Å². The first-order valence-electron chi connectivity index (χ1n) is 8.16. The van der Waals surface area contributed by atoms with Crippen LogP contribution < -0.4 is 0 Å². The molecule has 1 amide bonds. The van der Waals surface area contributed by atoms with E-state index in [9.17, 15) is 9.90 Å². The molecule has 128 valence electrons. The molecule has 6 heteroatoms. The summed E-state index contributed by atoms with van der Waals surface area (Å²) < 4.78 is 7.54. The number of carbonyl (C=O) groups excluding carboxylic acids is 1. The van der Waals surface area contributed by atoms with Crippen LogP contribution >= 0.6 is 0 Å². The third-order valence-electron chi connectivity index (χ3n) is 4.67. The summed E-state index contributed by atoms with van der Waals surface area (Å²) in [5, 5.41) is 9.65. The fourth-order valence-electron chi connectivity index (χ4n) is 3.21. The number of aryl methyl sites for hydroxylation is 1. The first kappa shape index (κ1) is 16.7. The molecule has 1 aromatic heterocycles. The van der Waals surface area contributed by atoms with E-state index in [0.29, 0.717) is 6.54 Å². The van der Waals surface area contributed by atoms with Crippen LogP contribution in [0.1, 0.15) is 30.3 Å². The Hall–Kier alpha value is -2.18. The largest absolute Gasteiger partial charge is 0.394 e. The molecule has 2 heterocycles. The number of aliphatic hydroxyl groups excluding tert-OH is 1. The number of aromatic nitrogens is 2. The second kappa shape index (κ2) is 7.15. The van der Waals surface area contributed by atoms with Gasteiger partial charge >= 0.3 is 0 Å². The third-order valence-corrected chi connectivity index (χ3v) is 4.67. The minimum atomic E-state index is -0.257. The highest BCUT2D eigenvalue weighted by Crippen LogP contribution is 2.34. The van der Waals surface area contributed by atoms with Crippen LogP contribution in [0.2, 0.25) is 0 Å². The maximum absolute atomic E-state index is 12.4. The summed E-state index contributed by atoms with van der Waals surface area (Å²) in [6.07, 6.45) is 3.30. The Balaban J connectivity index is 1.55. The summed E-state index contributed by atoms with van der Waals surface area (Å²) in [5.74, 6) is 0.877. The summed E-state index contributed by atoms with van der Waals surface area (Å²) in [6, 6.07) is 9.82. The van der Waals surface area contributed by atoms with Crippen molar-refractivity contribution in [1.29, 1.82) is 0 Å². The number of aliphatic hydroxyl groups is 1. The molecule has 0 saturated carbocycles. The molecule has 1 aliphatic heterocycles. The molecule has 0 radical (unpaired) electrons. The highest BCUT2D eigenvalue weighted by atomic mass is 16.5. The molecule has 3 rings (SSSR count). The number of ether oxygens (including phenoxy) is 1. The van der Waals surface area contributed by atoms with Crippen LogP contribution in [0.5, 0.6) is 0 Å². The first-order valence-corrected chi connectivity index (χ1v) is 8.16. The molecule has 0 spiro atoms. The molecule has 6 nitrogen and oxygen atoms in total. The third kappa shape index (κ3) is 3.20. The summed E-state index contributed by atoms with van der Waals surface area (Å²) >= 11 is 0. The van der Waals surface area contributed by atoms with E-state index in [1.54, 1.807) is 11.1 Å². The predicted molar refractivity (Wildman–Crippen MR) is 89.3 cm³/mol. The minimum absolute atomic E-state index is 0.00790. The van der Waals surface area contributed by atoms with Crippen molar-refractivity contribution in [1.82, 2.24) is 14.5 Å². The van der Waals surface area contributed by atoms with Crippen molar-refractivity contribution in [3.8, 4) is 0 Å². The van der Waals surface area contributed by atoms with Crippen molar-refractivity contribution in [3.05, 3.63) is 54.1 Å². The van der Waals surface area contributed by atoms with Crippen molar-refractivity contribution in [2.24, 2.45) is 7.05 Å². The number of benzene rings is 1. The van der Waals surface area contributed by atoms with Gasteiger partial charge in [0.2, 0.25) is 5.91 Å². The maximum Gasteiger partial charge on any atom is 0.248 e. The number of rotatable bonds is 6. The smallest absolute Gasteiger partial charge is 0.248 e. The number of hydrogen-bond acceptors (Lipinski definition) is 4. The van der Waals surface area contributed by atoms with E-state index < -0.39 is 0 Å². The van der Waals surface area contributed by atoms with Gasteiger partial charge in [0.1, 0.15) is 18.5 Å². The Morgan fingerprint density at radius 2 is 2.17 bits per heavy atom. The van der Waals surface area contributed by atoms with Gasteiger partial charge in [-0.2, -0.15) is 0 Å². The highest BCUT2D eigenvalue weighted by Gasteiger charge is 2.42. The highest BCUT2D eigenvalue weighted by molar-refractivity contribution is 5.79. The summed E-state index contributed by atoms with van der Waals surface area (Å²) in [6.45, 7) is 2.45. The van der Waals surface area contributed by atoms with Crippen LogP contribution in [0.25, 0.3) is 0 Å². The molecule has 1 aliphatic rings. The molecule has 3 atom stereocenters. The second-order valence-corrected chi connectivity index (χ2v) is 6.16. The second-order valence-electron chi connectivity index (χ2n) is 6.16. The topological polar surface area (TPSA) is 67.6 Å². The van der Waals surface area contributed by atoms with E-state index in [1.165, 1.54) is 0 Å². The van der Waals surface area contributed by atoms with Gasteiger partial charge in [0.15, 0.2) is 0 Å². The zero-order chi connectivity index (χ0) is 17.1. The minimum Gasteiger partial charge on any atom is -0.394 e. The molecule has 0 aliphatic carbocycles. The van der Waals surface area contributed by atoms with E-state index in [1.807, 2.05) is 55.1 Å². The van der Waals surface area contributed by atoms with Crippen molar-refractivity contribution in [3.63, 3.8) is 0 Å². The maximum atomic E-state index is 12.4. The average Bonchev–Trinajstić information content (AvgIpc) is 2.99. The fourth-order valence-corrected chi connectivity index (χ4v) is 3.21. The van der Waals surface area contributed by atoms with Crippen LogP contribution in [-0.2, 0) is 16.6 Å². The standard InChI is InChI=1S/C18H23N3O3/c1-13(18-19-8-9-20(18)2)24-12-17(23)21-10-15(16(21)11-22)14-6-4-3-5-7-14/h3-9,13,15-16,22H,10-12H2,1-2H3/t13?,15-,16-/m1/s1. The normalized spacial score (nSPS) is 21.4. The van der Waals surface area contributed by atoms with Crippen LogP contribution in [0.3, 0.4) is 0 Å². The SMILES string of the molecule is CC(OCC(=O)N1C[C@H](c2ccccc2)[C@H]1CO)c1nccn1C. The number of nitrogens with zero attached hydrogens (tertiary/aromatic N) is 3. The van der Waals surface area contributed by atoms with Gasteiger partial charge in [0, 0.05) is 31.9 Å². The van der Waals surface area contributed by atoms with E-state index >= 15 is 0 Å². The quantitative estimate of drug-likeness (QED) is 0.872. The van der Waals surface area contributed by atoms with Crippen LogP contribution in [0.4, 0.5) is 0 Å². The van der Waals surface area contributed by atoms with E-state index in [-0.39, 0.29) is 37.2 Å². The van der Waals surface area contributed by atoms with Gasteiger partial charge in [0.25, 0.3) is 0 Å². The van der Waals surface area contributed by atoms with Gasteiger partial charge in [-0.05, 0) is 12.5 Å². The number of likely N-dealkylation sites (tertiary alicyclic amines) is 1. The molecule has 1 N–H and O–H groups in total. The molecule has 1 fully saturated rings. The van der Waals surface area contributed by atoms with E-state index in [2.05, 4.69) is 4.98 Å². The molecule has 0 bridgehead atoms. The van der Waals surface area contributed by atoms with Crippen LogP contribution in [0, 0.1) is 0 Å². The molecule has 2 aromatic rings. The van der Waals surface area contributed by atoms with Gasteiger partial charge in [0.05, 0.1) is 12.6 Å². The van der Waals surface area contributed by atoms with Crippen LogP contribution in [-0.4, -0.2) is 51.3 Å². The molecule has 1 saturated heterocycles. The fraction of sp³-hybridized carbons (Fsp3) is 0.444. The number of carbonyl (C=O) groups is 1. The zero-order valence-corrected chi connectivity index (χ0v) is 14.0. The van der Waals surface area contributed by atoms with Crippen molar-refractivity contribution in [2.75, 3.05) is 19.8 Å². The summed E-state index contributed by atoms with van der Waals surface area (Å²) in [5.41, 5.74) is 1.16. The number of imidazole rings is 1.